The molecular formula is C20H17FN2O4. The van der Waals surface area contributed by atoms with Crippen LogP contribution in [-0.2, 0) is 0 Å². The van der Waals surface area contributed by atoms with Gasteiger partial charge in [-0.05, 0) is 41.8 Å². The third kappa shape index (κ3) is 4.21. The van der Waals surface area contributed by atoms with E-state index in [0.29, 0.717) is 27.6 Å². The van der Waals surface area contributed by atoms with Crippen molar-refractivity contribution < 1.29 is 23.9 Å². The molecular weight excluding hydrogens is 351 g/mol. The van der Waals surface area contributed by atoms with Crippen LogP contribution in [0, 0.1) is 5.82 Å². The summed E-state index contributed by atoms with van der Waals surface area (Å²) in [5, 5.41) is 12.2. The van der Waals surface area contributed by atoms with Gasteiger partial charge >= 0.3 is 0 Å². The van der Waals surface area contributed by atoms with E-state index in [1.54, 1.807) is 41.9 Å². The molecule has 0 bridgehead atoms. The van der Waals surface area contributed by atoms with Gasteiger partial charge in [0.1, 0.15) is 18.2 Å². The number of carbonyl (C=O) groups is 2. The molecule has 3 rings (SSSR count). The standard InChI is InChI=1S/C20H17FN2O4/c21-18-10-9-17(15-3-1-2-4-16(15)18)20(25)22-11-12-27-14-7-5-13(6-8-14)19(24)23-26/h1-10,26H,11-12H2,(H,22,25)(H,23,24). The lowest BCUT2D eigenvalue weighted by Crippen LogP contribution is -2.28. The summed E-state index contributed by atoms with van der Waals surface area (Å²) in [5.41, 5.74) is 2.23. The topological polar surface area (TPSA) is 87.7 Å². The monoisotopic (exact) mass is 368 g/mol. The third-order valence-corrected chi connectivity index (χ3v) is 3.99. The molecule has 0 spiro atoms. The second-order valence-corrected chi connectivity index (χ2v) is 5.71. The summed E-state index contributed by atoms with van der Waals surface area (Å²) < 4.78 is 19.3. The Bertz CT molecular complexity index is 973. The van der Waals surface area contributed by atoms with Crippen molar-refractivity contribution in [3.05, 3.63) is 77.6 Å². The summed E-state index contributed by atoms with van der Waals surface area (Å²) in [6.07, 6.45) is 0. The first-order valence-electron chi connectivity index (χ1n) is 8.23. The number of ether oxygens (including phenoxy) is 1. The average Bonchev–Trinajstić information content (AvgIpc) is 2.71. The molecule has 0 aliphatic carbocycles. The van der Waals surface area contributed by atoms with Crippen LogP contribution in [0.15, 0.2) is 60.7 Å². The number of benzene rings is 3. The Morgan fingerprint density at radius 2 is 1.63 bits per heavy atom. The van der Waals surface area contributed by atoms with Crippen LogP contribution >= 0.6 is 0 Å². The highest BCUT2D eigenvalue weighted by Crippen LogP contribution is 2.21. The van der Waals surface area contributed by atoms with Crippen LogP contribution in [0.2, 0.25) is 0 Å². The molecule has 0 aliphatic heterocycles. The number of halogens is 1. The summed E-state index contributed by atoms with van der Waals surface area (Å²) in [7, 11) is 0. The number of nitrogens with one attached hydrogen (secondary N) is 2. The Morgan fingerprint density at radius 3 is 2.33 bits per heavy atom. The summed E-state index contributed by atoms with van der Waals surface area (Å²) in [6, 6.07) is 15.7. The lowest BCUT2D eigenvalue weighted by atomic mass is 10.0. The molecule has 3 N–H and O–H groups in total. The third-order valence-electron chi connectivity index (χ3n) is 3.99. The molecule has 2 amide bonds. The molecule has 0 heterocycles. The summed E-state index contributed by atoms with van der Waals surface area (Å²) >= 11 is 0. The van der Waals surface area contributed by atoms with Gasteiger partial charge < -0.3 is 10.1 Å². The fraction of sp³-hybridized carbons (Fsp3) is 0.100. The van der Waals surface area contributed by atoms with Crippen molar-refractivity contribution in [1.82, 2.24) is 10.8 Å². The van der Waals surface area contributed by atoms with Gasteiger partial charge in [0, 0.05) is 16.5 Å². The van der Waals surface area contributed by atoms with Crippen LogP contribution in [0.1, 0.15) is 20.7 Å². The maximum absolute atomic E-state index is 13.8. The predicted molar refractivity (Wildman–Crippen MR) is 97.4 cm³/mol. The van der Waals surface area contributed by atoms with E-state index in [1.807, 2.05) is 0 Å². The largest absolute Gasteiger partial charge is 0.492 e. The predicted octanol–water partition coefficient (Wildman–Crippen LogP) is 2.91. The van der Waals surface area contributed by atoms with Crippen LogP contribution in [0.4, 0.5) is 4.39 Å². The molecule has 3 aromatic carbocycles. The van der Waals surface area contributed by atoms with Gasteiger partial charge in [0.25, 0.3) is 11.8 Å². The Balaban J connectivity index is 1.56. The number of hydrogen-bond acceptors (Lipinski definition) is 4. The van der Waals surface area contributed by atoms with Gasteiger partial charge in [0.05, 0.1) is 6.54 Å². The van der Waals surface area contributed by atoms with E-state index in [1.165, 1.54) is 24.3 Å². The van der Waals surface area contributed by atoms with Crippen LogP contribution in [0.3, 0.4) is 0 Å². The van der Waals surface area contributed by atoms with Crippen LogP contribution in [0.25, 0.3) is 10.8 Å². The van der Waals surface area contributed by atoms with E-state index < -0.39 is 5.91 Å². The molecule has 27 heavy (non-hydrogen) atoms. The molecule has 7 heteroatoms. The van der Waals surface area contributed by atoms with Gasteiger partial charge in [0.2, 0.25) is 0 Å². The smallest absolute Gasteiger partial charge is 0.274 e. The van der Waals surface area contributed by atoms with Crippen molar-refractivity contribution in [3.8, 4) is 5.75 Å². The second-order valence-electron chi connectivity index (χ2n) is 5.71. The molecule has 0 aromatic heterocycles. The van der Waals surface area contributed by atoms with Crippen LogP contribution in [0.5, 0.6) is 5.75 Å². The Hall–Kier alpha value is -3.45. The number of rotatable bonds is 6. The van der Waals surface area contributed by atoms with E-state index in [-0.39, 0.29) is 24.9 Å². The van der Waals surface area contributed by atoms with Crippen LogP contribution in [-0.4, -0.2) is 30.2 Å². The average molecular weight is 368 g/mol. The van der Waals surface area contributed by atoms with Crippen molar-refractivity contribution in [2.45, 2.75) is 0 Å². The summed E-state index contributed by atoms with van der Waals surface area (Å²) in [6.45, 7) is 0.472. The second kappa shape index (κ2) is 8.29. The SMILES string of the molecule is O=C(NO)c1ccc(OCCNC(=O)c2ccc(F)c3ccccc23)cc1. The minimum Gasteiger partial charge on any atom is -0.492 e. The Morgan fingerprint density at radius 1 is 0.926 bits per heavy atom. The van der Waals surface area contributed by atoms with Crippen molar-refractivity contribution in [1.29, 1.82) is 0 Å². The van der Waals surface area contributed by atoms with Gasteiger partial charge in [0.15, 0.2) is 0 Å². The zero-order valence-corrected chi connectivity index (χ0v) is 14.2. The molecule has 138 valence electrons. The molecule has 0 saturated heterocycles. The fourth-order valence-electron chi connectivity index (χ4n) is 2.66. The number of fused-ring (bicyclic) bond motifs is 1. The highest BCUT2D eigenvalue weighted by atomic mass is 19.1. The molecule has 0 saturated carbocycles. The normalized spacial score (nSPS) is 10.4. The first kappa shape index (κ1) is 18.3. The number of hydrogen-bond donors (Lipinski definition) is 3. The summed E-state index contributed by atoms with van der Waals surface area (Å²) in [5.74, 6) is -0.778. The Kier molecular flexibility index (Phi) is 5.63. The Labute approximate surface area is 154 Å². The van der Waals surface area contributed by atoms with Crippen molar-refractivity contribution in [2.24, 2.45) is 0 Å². The minimum atomic E-state index is -0.611. The van der Waals surface area contributed by atoms with Gasteiger partial charge in [-0.2, -0.15) is 0 Å². The number of hydroxylamine groups is 1. The van der Waals surface area contributed by atoms with E-state index in [0.717, 1.165) is 0 Å². The molecule has 0 fully saturated rings. The van der Waals surface area contributed by atoms with E-state index >= 15 is 0 Å². The van der Waals surface area contributed by atoms with Gasteiger partial charge in [-0.15, -0.1) is 0 Å². The first-order valence-corrected chi connectivity index (χ1v) is 8.23. The number of carbonyl (C=O) groups excluding carboxylic acids is 2. The molecule has 0 radical (unpaired) electrons. The van der Waals surface area contributed by atoms with E-state index in [4.69, 9.17) is 9.94 Å². The first-order chi connectivity index (χ1) is 13.1. The highest BCUT2D eigenvalue weighted by molar-refractivity contribution is 6.07. The van der Waals surface area contributed by atoms with E-state index in [2.05, 4.69) is 5.32 Å². The van der Waals surface area contributed by atoms with Gasteiger partial charge in [-0.1, -0.05) is 24.3 Å². The maximum atomic E-state index is 13.8. The molecule has 0 atom stereocenters. The molecule has 6 nitrogen and oxygen atoms in total. The zero-order chi connectivity index (χ0) is 19.2. The zero-order valence-electron chi connectivity index (χ0n) is 14.2. The maximum Gasteiger partial charge on any atom is 0.274 e. The van der Waals surface area contributed by atoms with Crippen molar-refractivity contribution in [2.75, 3.05) is 13.2 Å². The molecule has 0 unspecified atom stereocenters. The highest BCUT2D eigenvalue weighted by Gasteiger charge is 2.12. The minimum absolute atomic E-state index is 0.219. The van der Waals surface area contributed by atoms with Crippen molar-refractivity contribution >= 4 is 22.6 Å². The van der Waals surface area contributed by atoms with Crippen LogP contribution < -0.4 is 15.5 Å². The van der Waals surface area contributed by atoms with Gasteiger partial charge in [-0.25, -0.2) is 9.87 Å². The van der Waals surface area contributed by atoms with E-state index in [9.17, 15) is 14.0 Å². The quantitative estimate of drug-likeness (QED) is 0.355. The van der Waals surface area contributed by atoms with Crippen molar-refractivity contribution in [3.63, 3.8) is 0 Å². The lowest BCUT2D eigenvalue weighted by molar-refractivity contribution is 0.0706. The molecule has 0 aliphatic rings. The fourth-order valence-corrected chi connectivity index (χ4v) is 2.66. The lowest BCUT2D eigenvalue weighted by Gasteiger charge is -2.10. The van der Waals surface area contributed by atoms with Gasteiger partial charge in [-0.3, -0.25) is 14.8 Å². The number of amides is 2. The summed E-state index contributed by atoms with van der Waals surface area (Å²) in [4.78, 5) is 23.6. The molecule has 3 aromatic rings.